The summed E-state index contributed by atoms with van der Waals surface area (Å²) in [5.74, 6) is 1.66. The van der Waals surface area contributed by atoms with Crippen LogP contribution in [-0.4, -0.2) is 29.7 Å². The van der Waals surface area contributed by atoms with E-state index in [1.807, 2.05) is 38.1 Å². The molecule has 1 aromatic carbocycles. The number of aryl methyl sites for hydroxylation is 2. The van der Waals surface area contributed by atoms with Crippen molar-refractivity contribution in [3.05, 3.63) is 40.5 Å². The van der Waals surface area contributed by atoms with Gasteiger partial charge < -0.3 is 14.8 Å². The summed E-state index contributed by atoms with van der Waals surface area (Å²) in [5, 5.41) is 4.13. The van der Waals surface area contributed by atoms with E-state index in [4.69, 9.17) is 9.47 Å². The van der Waals surface area contributed by atoms with Crippen molar-refractivity contribution in [1.82, 2.24) is 9.97 Å². The number of esters is 1. The largest absolute Gasteiger partial charge is 0.495 e. The van der Waals surface area contributed by atoms with Crippen molar-refractivity contribution in [3.8, 4) is 5.75 Å². The van der Waals surface area contributed by atoms with Gasteiger partial charge in [0.1, 0.15) is 27.1 Å². The van der Waals surface area contributed by atoms with Gasteiger partial charge in [-0.1, -0.05) is 12.1 Å². The highest BCUT2D eigenvalue weighted by atomic mass is 32.1. The van der Waals surface area contributed by atoms with Crippen LogP contribution in [0, 0.1) is 13.8 Å². The first-order valence-corrected chi connectivity index (χ1v) is 8.71. The normalized spacial score (nSPS) is 10.7. The molecule has 0 amide bonds. The topological polar surface area (TPSA) is 73.3 Å². The first kappa shape index (κ1) is 17.2. The Bertz CT molecular complexity index is 937. The molecule has 25 heavy (non-hydrogen) atoms. The van der Waals surface area contributed by atoms with Gasteiger partial charge in [-0.15, -0.1) is 11.3 Å². The third-order valence-corrected chi connectivity index (χ3v) is 4.89. The average Bonchev–Trinajstić information content (AvgIpc) is 2.92. The number of carbonyl (C=O) groups is 1. The van der Waals surface area contributed by atoms with Crippen LogP contribution in [0.2, 0.25) is 0 Å². The molecule has 6 nitrogen and oxygen atoms in total. The lowest BCUT2D eigenvalue weighted by Crippen LogP contribution is -2.04. The summed E-state index contributed by atoms with van der Waals surface area (Å²) in [6, 6.07) is 7.61. The zero-order chi connectivity index (χ0) is 18.0. The number of fused-ring (bicyclic) bond motifs is 1. The van der Waals surface area contributed by atoms with E-state index >= 15 is 0 Å². The zero-order valence-corrected chi connectivity index (χ0v) is 15.4. The smallest absolute Gasteiger partial charge is 0.348 e. The van der Waals surface area contributed by atoms with E-state index in [-0.39, 0.29) is 5.97 Å². The Labute approximate surface area is 149 Å². The third kappa shape index (κ3) is 3.28. The molecule has 0 aliphatic rings. The molecule has 0 fully saturated rings. The predicted molar refractivity (Wildman–Crippen MR) is 99.1 cm³/mol. The monoisotopic (exact) mass is 357 g/mol. The van der Waals surface area contributed by atoms with Crippen LogP contribution in [0.15, 0.2) is 24.3 Å². The van der Waals surface area contributed by atoms with E-state index < -0.39 is 0 Å². The molecule has 2 aromatic heterocycles. The first-order chi connectivity index (χ1) is 12.0. The van der Waals surface area contributed by atoms with Crippen LogP contribution < -0.4 is 10.1 Å². The summed E-state index contributed by atoms with van der Waals surface area (Å²) in [6.07, 6.45) is 0. The predicted octanol–water partition coefficient (Wildman–Crippen LogP) is 4.24. The van der Waals surface area contributed by atoms with Crippen molar-refractivity contribution in [3.63, 3.8) is 0 Å². The number of methoxy groups -OCH3 is 1. The Morgan fingerprint density at radius 3 is 2.72 bits per heavy atom. The third-order valence-electron chi connectivity index (χ3n) is 3.72. The number of thiophene rings is 1. The average molecular weight is 357 g/mol. The fraction of sp³-hybridized carbons (Fsp3) is 0.278. The standard InChI is InChI=1S/C18H19N3O3S/c1-5-24-18(22)15-10(2)14-16(19-11(3)20-17(14)25-15)21-12-8-6-7-9-13(12)23-4/h6-9H,5H2,1-4H3,(H,19,20,21). The highest BCUT2D eigenvalue weighted by Gasteiger charge is 2.21. The number of rotatable bonds is 5. The molecule has 0 saturated carbocycles. The zero-order valence-electron chi connectivity index (χ0n) is 14.5. The lowest BCUT2D eigenvalue weighted by atomic mass is 10.2. The molecule has 0 aliphatic heterocycles. The second kappa shape index (κ2) is 7.06. The van der Waals surface area contributed by atoms with Crippen molar-refractivity contribution >= 4 is 39.0 Å². The maximum absolute atomic E-state index is 12.2. The van der Waals surface area contributed by atoms with Crippen LogP contribution in [0.25, 0.3) is 10.2 Å². The Kier molecular flexibility index (Phi) is 4.85. The Morgan fingerprint density at radius 1 is 1.24 bits per heavy atom. The van der Waals surface area contributed by atoms with E-state index in [1.54, 1.807) is 14.0 Å². The summed E-state index contributed by atoms with van der Waals surface area (Å²) in [7, 11) is 1.62. The Balaban J connectivity index is 2.13. The van der Waals surface area contributed by atoms with Gasteiger partial charge in [0.2, 0.25) is 0 Å². The van der Waals surface area contributed by atoms with Gasteiger partial charge in [0.05, 0.1) is 24.8 Å². The maximum atomic E-state index is 12.2. The molecular weight excluding hydrogens is 338 g/mol. The Hall–Kier alpha value is -2.67. The molecule has 0 atom stereocenters. The highest BCUT2D eigenvalue weighted by molar-refractivity contribution is 7.20. The van der Waals surface area contributed by atoms with Gasteiger partial charge in [-0.3, -0.25) is 0 Å². The van der Waals surface area contributed by atoms with E-state index in [0.717, 1.165) is 21.5 Å². The molecule has 3 aromatic rings. The van der Waals surface area contributed by atoms with Crippen LogP contribution >= 0.6 is 11.3 Å². The lowest BCUT2D eigenvalue weighted by Gasteiger charge is -2.12. The van der Waals surface area contributed by atoms with Crippen LogP contribution in [0.3, 0.4) is 0 Å². The van der Waals surface area contributed by atoms with Gasteiger partial charge >= 0.3 is 5.97 Å². The van der Waals surface area contributed by atoms with Gasteiger partial charge in [0.25, 0.3) is 0 Å². The SMILES string of the molecule is CCOC(=O)c1sc2nc(C)nc(Nc3ccccc3OC)c2c1C. The number of para-hydroxylation sites is 2. The molecule has 2 heterocycles. The number of nitrogens with one attached hydrogen (secondary N) is 1. The Morgan fingerprint density at radius 2 is 2.00 bits per heavy atom. The van der Waals surface area contributed by atoms with Gasteiger partial charge in [-0.2, -0.15) is 0 Å². The van der Waals surface area contributed by atoms with Crippen LogP contribution in [-0.2, 0) is 4.74 Å². The van der Waals surface area contributed by atoms with Crippen LogP contribution in [0.5, 0.6) is 5.75 Å². The molecule has 130 valence electrons. The summed E-state index contributed by atoms with van der Waals surface area (Å²) < 4.78 is 10.5. The van der Waals surface area contributed by atoms with Crippen LogP contribution in [0.4, 0.5) is 11.5 Å². The summed E-state index contributed by atoms with van der Waals surface area (Å²) in [6.45, 7) is 5.84. The molecule has 3 rings (SSSR count). The number of ether oxygens (including phenoxy) is 2. The quantitative estimate of drug-likeness (QED) is 0.689. The molecule has 7 heteroatoms. The summed E-state index contributed by atoms with van der Waals surface area (Å²) >= 11 is 1.32. The molecule has 0 saturated heterocycles. The maximum Gasteiger partial charge on any atom is 0.348 e. The summed E-state index contributed by atoms with van der Waals surface area (Å²) in [5.41, 5.74) is 1.61. The number of aromatic nitrogens is 2. The number of hydrogen-bond acceptors (Lipinski definition) is 7. The second-order valence-electron chi connectivity index (χ2n) is 5.40. The van der Waals surface area contributed by atoms with E-state index in [9.17, 15) is 4.79 Å². The van der Waals surface area contributed by atoms with Gasteiger partial charge in [-0.05, 0) is 38.5 Å². The van der Waals surface area contributed by atoms with Crippen LogP contribution in [0.1, 0.15) is 28.0 Å². The van der Waals surface area contributed by atoms with Gasteiger partial charge in [-0.25, -0.2) is 14.8 Å². The van der Waals surface area contributed by atoms with E-state index in [1.165, 1.54) is 11.3 Å². The fourth-order valence-corrected chi connectivity index (χ4v) is 3.72. The number of nitrogens with zero attached hydrogens (tertiary/aromatic N) is 2. The minimum atomic E-state index is -0.330. The van der Waals surface area contributed by atoms with Gasteiger partial charge in [0, 0.05) is 0 Å². The molecule has 0 aliphatic carbocycles. The van der Waals surface area contributed by atoms with E-state index in [2.05, 4.69) is 15.3 Å². The number of hydrogen-bond donors (Lipinski definition) is 1. The molecule has 1 N–H and O–H groups in total. The van der Waals surface area contributed by atoms with Crippen molar-refractivity contribution < 1.29 is 14.3 Å². The lowest BCUT2D eigenvalue weighted by molar-refractivity contribution is 0.0531. The fourth-order valence-electron chi connectivity index (χ4n) is 2.60. The highest BCUT2D eigenvalue weighted by Crippen LogP contribution is 2.36. The first-order valence-electron chi connectivity index (χ1n) is 7.90. The minimum Gasteiger partial charge on any atom is -0.495 e. The summed E-state index contributed by atoms with van der Waals surface area (Å²) in [4.78, 5) is 22.5. The van der Waals surface area contributed by atoms with Crippen molar-refractivity contribution in [2.75, 3.05) is 19.0 Å². The number of anilines is 2. The van der Waals surface area contributed by atoms with Crippen molar-refractivity contribution in [1.29, 1.82) is 0 Å². The molecule has 0 radical (unpaired) electrons. The minimum absolute atomic E-state index is 0.330. The van der Waals surface area contributed by atoms with E-state index in [0.29, 0.717) is 28.9 Å². The molecule has 0 unspecified atom stereocenters. The second-order valence-corrected chi connectivity index (χ2v) is 6.40. The molecular formula is C18H19N3O3S. The number of carbonyl (C=O) groups excluding carboxylic acids is 1. The van der Waals surface area contributed by atoms with Crippen molar-refractivity contribution in [2.45, 2.75) is 20.8 Å². The van der Waals surface area contributed by atoms with Gasteiger partial charge in [0.15, 0.2) is 0 Å². The molecule has 0 bridgehead atoms. The van der Waals surface area contributed by atoms with Crippen molar-refractivity contribution in [2.24, 2.45) is 0 Å². The number of benzene rings is 1. The molecule has 0 spiro atoms.